The Morgan fingerprint density at radius 2 is 2.06 bits per heavy atom. The van der Waals surface area contributed by atoms with Crippen LogP contribution in [0, 0.1) is 0 Å². The molecule has 7 nitrogen and oxygen atoms in total. The van der Waals surface area contributed by atoms with Gasteiger partial charge in [0.25, 0.3) is 5.56 Å². The highest BCUT2D eigenvalue weighted by atomic mass is 16.3. The molecule has 0 aliphatic rings. The van der Waals surface area contributed by atoms with Crippen LogP contribution in [0.2, 0.25) is 0 Å². The van der Waals surface area contributed by atoms with E-state index in [1.54, 1.807) is 13.8 Å². The van der Waals surface area contributed by atoms with Crippen molar-refractivity contribution in [2.45, 2.75) is 25.8 Å². The van der Waals surface area contributed by atoms with Gasteiger partial charge in [0.1, 0.15) is 0 Å². The molecule has 0 radical (unpaired) electrons. The largest absolute Gasteiger partial charge is 0.394 e. The molecule has 0 bridgehead atoms. The summed E-state index contributed by atoms with van der Waals surface area (Å²) in [5.74, 6) is -0.384. The van der Waals surface area contributed by atoms with E-state index in [9.17, 15) is 14.4 Å². The first kappa shape index (κ1) is 13.2. The predicted octanol–water partition coefficient (Wildman–Crippen LogP) is -1.51. The average molecular weight is 241 g/mol. The normalized spacial score (nSPS) is 11.2. The zero-order valence-corrected chi connectivity index (χ0v) is 9.66. The number of nitrogens with one attached hydrogen (secondary N) is 3. The molecule has 0 saturated carbocycles. The Balaban J connectivity index is 2.75. The number of carbonyl (C=O) groups excluding carboxylic acids is 1. The molecule has 0 atom stereocenters. The predicted molar refractivity (Wildman–Crippen MR) is 60.7 cm³/mol. The Bertz CT molecular complexity index is 487. The highest BCUT2D eigenvalue weighted by Gasteiger charge is 2.19. The average Bonchev–Trinajstić information content (AvgIpc) is 2.14. The van der Waals surface area contributed by atoms with Crippen molar-refractivity contribution in [1.29, 1.82) is 0 Å². The van der Waals surface area contributed by atoms with Crippen LogP contribution >= 0.6 is 0 Å². The molecular formula is C10H15N3O4. The topological polar surface area (TPSA) is 115 Å². The van der Waals surface area contributed by atoms with Crippen LogP contribution in [0.25, 0.3) is 0 Å². The standard InChI is InChI=1S/C10H15N3O4/c1-10(2,5-14)13-8(16)4-6-3-7(15)12-9(17)11-6/h3,14H,4-5H2,1-2H3,(H,13,16)(H2,11,12,15,17). The molecule has 0 spiro atoms. The lowest BCUT2D eigenvalue weighted by molar-refractivity contribution is -0.122. The molecule has 1 aromatic heterocycles. The lowest BCUT2D eigenvalue weighted by atomic mass is 10.1. The number of aliphatic hydroxyl groups is 1. The van der Waals surface area contributed by atoms with Gasteiger partial charge in [-0.05, 0) is 13.8 Å². The maximum Gasteiger partial charge on any atom is 0.325 e. The highest BCUT2D eigenvalue weighted by molar-refractivity contribution is 5.78. The number of rotatable bonds is 4. The molecule has 1 rings (SSSR count). The number of hydrogen-bond acceptors (Lipinski definition) is 4. The number of carbonyl (C=O) groups is 1. The summed E-state index contributed by atoms with van der Waals surface area (Å²) in [5, 5.41) is 11.5. The van der Waals surface area contributed by atoms with Crippen molar-refractivity contribution in [3.05, 3.63) is 32.6 Å². The van der Waals surface area contributed by atoms with Gasteiger partial charge in [-0.1, -0.05) is 0 Å². The third kappa shape index (κ3) is 4.23. The minimum Gasteiger partial charge on any atom is -0.394 e. The second-order valence-electron chi connectivity index (χ2n) is 4.38. The molecule has 0 fully saturated rings. The van der Waals surface area contributed by atoms with Crippen molar-refractivity contribution in [3.8, 4) is 0 Å². The second-order valence-corrected chi connectivity index (χ2v) is 4.38. The van der Waals surface area contributed by atoms with E-state index in [0.29, 0.717) is 0 Å². The van der Waals surface area contributed by atoms with Gasteiger partial charge in [-0.2, -0.15) is 0 Å². The van der Waals surface area contributed by atoms with E-state index in [1.807, 2.05) is 4.98 Å². The molecular weight excluding hydrogens is 226 g/mol. The molecule has 0 aliphatic carbocycles. The van der Waals surface area contributed by atoms with E-state index < -0.39 is 16.8 Å². The number of aromatic nitrogens is 2. The SMILES string of the molecule is CC(C)(CO)NC(=O)Cc1cc(=O)[nH]c(=O)[nH]1. The fraction of sp³-hybridized carbons (Fsp3) is 0.500. The molecule has 0 unspecified atom stereocenters. The first-order valence-corrected chi connectivity index (χ1v) is 5.07. The zero-order chi connectivity index (χ0) is 13.1. The van der Waals surface area contributed by atoms with Gasteiger partial charge in [-0.15, -0.1) is 0 Å². The van der Waals surface area contributed by atoms with Crippen LogP contribution in [0.15, 0.2) is 15.7 Å². The maximum atomic E-state index is 11.6. The fourth-order valence-electron chi connectivity index (χ4n) is 1.25. The van der Waals surface area contributed by atoms with Gasteiger partial charge in [0, 0.05) is 11.8 Å². The summed E-state index contributed by atoms with van der Waals surface area (Å²) in [4.78, 5) is 37.8. The smallest absolute Gasteiger partial charge is 0.325 e. The van der Waals surface area contributed by atoms with Crippen LogP contribution in [0.5, 0.6) is 0 Å². The van der Waals surface area contributed by atoms with Crippen molar-refractivity contribution in [2.24, 2.45) is 0 Å². The minimum atomic E-state index is -0.738. The molecule has 7 heteroatoms. The third-order valence-corrected chi connectivity index (χ3v) is 2.04. The lowest BCUT2D eigenvalue weighted by Crippen LogP contribution is -2.47. The Hall–Kier alpha value is -1.89. The van der Waals surface area contributed by atoms with Gasteiger partial charge in [-0.3, -0.25) is 14.6 Å². The van der Waals surface area contributed by atoms with Gasteiger partial charge < -0.3 is 15.4 Å². The van der Waals surface area contributed by atoms with E-state index in [2.05, 4.69) is 10.3 Å². The Labute approximate surface area is 96.9 Å². The number of hydrogen-bond donors (Lipinski definition) is 4. The van der Waals surface area contributed by atoms with Gasteiger partial charge in [0.05, 0.1) is 18.6 Å². The summed E-state index contributed by atoms with van der Waals surface area (Å²) in [6, 6.07) is 1.15. The summed E-state index contributed by atoms with van der Waals surface area (Å²) in [6.45, 7) is 3.11. The van der Waals surface area contributed by atoms with Gasteiger partial charge in [-0.25, -0.2) is 4.79 Å². The zero-order valence-electron chi connectivity index (χ0n) is 9.66. The summed E-state index contributed by atoms with van der Waals surface area (Å²) >= 11 is 0. The van der Waals surface area contributed by atoms with Crippen LogP contribution in [0.4, 0.5) is 0 Å². The molecule has 0 saturated heterocycles. The van der Waals surface area contributed by atoms with Crippen LogP contribution in [0.1, 0.15) is 19.5 Å². The molecule has 1 amide bonds. The van der Waals surface area contributed by atoms with E-state index >= 15 is 0 Å². The maximum absolute atomic E-state index is 11.6. The van der Waals surface area contributed by atoms with E-state index in [1.165, 1.54) is 0 Å². The minimum absolute atomic E-state index is 0.122. The van der Waals surface area contributed by atoms with Crippen molar-refractivity contribution in [2.75, 3.05) is 6.61 Å². The summed E-state index contributed by atoms with van der Waals surface area (Å²) in [7, 11) is 0. The molecule has 1 heterocycles. The summed E-state index contributed by atoms with van der Waals surface area (Å²) in [5.41, 5.74) is -1.72. The lowest BCUT2D eigenvalue weighted by Gasteiger charge is -2.23. The number of amides is 1. The van der Waals surface area contributed by atoms with Gasteiger partial charge >= 0.3 is 5.69 Å². The molecule has 17 heavy (non-hydrogen) atoms. The van der Waals surface area contributed by atoms with Crippen molar-refractivity contribution in [1.82, 2.24) is 15.3 Å². The second kappa shape index (κ2) is 4.96. The van der Waals surface area contributed by atoms with Crippen LogP contribution in [0.3, 0.4) is 0 Å². The van der Waals surface area contributed by atoms with Crippen molar-refractivity contribution >= 4 is 5.91 Å². The van der Waals surface area contributed by atoms with E-state index in [-0.39, 0.29) is 24.6 Å². The van der Waals surface area contributed by atoms with Gasteiger partial charge in [0.15, 0.2) is 0 Å². The van der Waals surface area contributed by atoms with Crippen molar-refractivity contribution < 1.29 is 9.90 Å². The van der Waals surface area contributed by atoms with Gasteiger partial charge in [0.2, 0.25) is 5.91 Å². The van der Waals surface area contributed by atoms with Crippen LogP contribution < -0.4 is 16.6 Å². The van der Waals surface area contributed by atoms with Crippen LogP contribution in [-0.4, -0.2) is 33.1 Å². The Morgan fingerprint density at radius 3 is 2.59 bits per heavy atom. The molecule has 1 aromatic rings. The first-order chi connectivity index (χ1) is 7.82. The van der Waals surface area contributed by atoms with E-state index in [0.717, 1.165) is 6.07 Å². The fourth-order valence-corrected chi connectivity index (χ4v) is 1.25. The first-order valence-electron chi connectivity index (χ1n) is 5.07. The molecule has 0 aliphatic heterocycles. The molecule has 0 aromatic carbocycles. The van der Waals surface area contributed by atoms with Crippen LogP contribution in [-0.2, 0) is 11.2 Å². The van der Waals surface area contributed by atoms with E-state index in [4.69, 9.17) is 5.11 Å². The quantitative estimate of drug-likeness (QED) is 0.513. The number of aliphatic hydroxyl groups excluding tert-OH is 1. The monoisotopic (exact) mass is 241 g/mol. The Morgan fingerprint density at radius 1 is 1.41 bits per heavy atom. The number of aromatic amines is 2. The third-order valence-electron chi connectivity index (χ3n) is 2.04. The molecule has 4 N–H and O–H groups in total. The number of H-pyrrole nitrogens is 2. The summed E-state index contributed by atoms with van der Waals surface area (Å²) < 4.78 is 0. The Kier molecular flexibility index (Phi) is 3.84. The molecule has 94 valence electrons. The summed E-state index contributed by atoms with van der Waals surface area (Å²) in [6.07, 6.45) is -0.122. The van der Waals surface area contributed by atoms with Crippen molar-refractivity contribution in [3.63, 3.8) is 0 Å². The highest BCUT2D eigenvalue weighted by Crippen LogP contribution is 2.00.